The summed E-state index contributed by atoms with van der Waals surface area (Å²) in [4.78, 5) is 133. The van der Waals surface area contributed by atoms with Gasteiger partial charge in [-0.05, 0) is 43.9 Å². The van der Waals surface area contributed by atoms with Gasteiger partial charge in [-0.1, -0.05) is 18.2 Å². The molecule has 1 saturated heterocycles. The number of aliphatic hydroxyl groups excluding tert-OH is 1. The number of unbranched alkanes of at least 4 members (excludes halogenated alkanes) is 1. The highest BCUT2D eigenvalue weighted by molar-refractivity contribution is 5.99. The van der Waals surface area contributed by atoms with Gasteiger partial charge in [-0.25, -0.2) is 4.79 Å². The normalized spacial score (nSPS) is 21.8. The number of nitrogens with one attached hydrogen (secondary N) is 8. The number of fused-ring (bicyclic) bond motifs is 1. The molecule has 0 spiro atoms. The van der Waals surface area contributed by atoms with E-state index in [1.54, 1.807) is 30.5 Å². The highest BCUT2D eigenvalue weighted by Crippen LogP contribution is 2.19. The smallest absolute Gasteiger partial charge is 0.328 e. The van der Waals surface area contributed by atoms with E-state index in [-0.39, 0.29) is 25.8 Å². The maximum atomic E-state index is 14.1. The minimum Gasteiger partial charge on any atom is -0.481 e. The first-order valence-corrected chi connectivity index (χ1v) is 18.8. The second kappa shape index (κ2) is 23.1. The SMILES string of the molecule is NCCCC[C@@H]1NC(=O)[C@H](CC(=O)O)NC(=O)[C@@H](NC(=O)[C@@H](N)CCC(=O)O)CC(=O)NC[C@@H](C(=O)N[C@@H](CO)C(=O)O)NC(=O)[C@H](Cc2c[nH]c3ccccc23)NC1=O. The Bertz CT molecular complexity index is 1920. The lowest BCUT2D eigenvalue weighted by Gasteiger charge is -2.27. The van der Waals surface area contributed by atoms with Crippen molar-refractivity contribution in [3.8, 4) is 0 Å². The van der Waals surface area contributed by atoms with Crippen LogP contribution in [-0.2, 0) is 54.4 Å². The fourth-order valence-corrected chi connectivity index (χ4v) is 6.00. The molecular weight excluding hydrogens is 796 g/mol. The Hall–Kier alpha value is -6.66. The lowest BCUT2D eigenvalue weighted by atomic mass is 10.0. The van der Waals surface area contributed by atoms with E-state index < -0.39 is 140 Å². The number of nitrogens with two attached hydrogens (primary N) is 2. The van der Waals surface area contributed by atoms with Crippen molar-refractivity contribution in [2.24, 2.45) is 11.5 Å². The maximum Gasteiger partial charge on any atom is 0.328 e. The number of hydrogen-bond donors (Lipinski definition) is 14. The Morgan fingerprint density at radius 2 is 1.48 bits per heavy atom. The number of para-hydroxylation sites is 1. The third-order valence-electron chi connectivity index (χ3n) is 9.29. The molecule has 0 saturated carbocycles. The van der Waals surface area contributed by atoms with Crippen LogP contribution in [0.4, 0.5) is 0 Å². The van der Waals surface area contributed by atoms with Crippen LogP contribution in [0, 0.1) is 0 Å². The fourth-order valence-electron chi connectivity index (χ4n) is 6.00. The zero-order valence-corrected chi connectivity index (χ0v) is 32.2. The van der Waals surface area contributed by atoms with E-state index in [4.69, 9.17) is 16.6 Å². The summed E-state index contributed by atoms with van der Waals surface area (Å²) in [6.45, 7) is -1.68. The first kappa shape index (κ1) is 47.7. The molecular formula is C36H50N10O14. The molecule has 0 aliphatic carbocycles. The molecule has 1 fully saturated rings. The van der Waals surface area contributed by atoms with Gasteiger partial charge in [-0.15, -0.1) is 0 Å². The van der Waals surface area contributed by atoms with Crippen LogP contribution < -0.4 is 48.7 Å². The lowest BCUT2D eigenvalue weighted by Crippen LogP contribution is -2.61. The van der Waals surface area contributed by atoms with Gasteiger partial charge >= 0.3 is 17.9 Å². The molecule has 1 aromatic carbocycles. The Morgan fingerprint density at radius 3 is 2.13 bits per heavy atom. The van der Waals surface area contributed by atoms with Gasteiger partial charge in [0.05, 0.1) is 25.5 Å². The average molecular weight is 847 g/mol. The molecule has 3 rings (SSSR count). The summed E-state index contributed by atoms with van der Waals surface area (Å²) >= 11 is 0. The number of carboxylic acid groups (broad SMARTS) is 3. The largest absolute Gasteiger partial charge is 0.481 e. The summed E-state index contributed by atoms with van der Waals surface area (Å²) in [6, 6.07) is -5.04. The van der Waals surface area contributed by atoms with Gasteiger partial charge < -0.3 is 74.1 Å². The van der Waals surface area contributed by atoms with Crippen molar-refractivity contribution in [1.82, 2.24) is 42.2 Å². The number of aliphatic carboxylic acids is 3. The first-order valence-electron chi connectivity index (χ1n) is 18.8. The third-order valence-corrected chi connectivity index (χ3v) is 9.29. The molecule has 2 heterocycles. The van der Waals surface area contributed by atoms with Crippen LogP contribution in [0.25, 0.3) is 10.9 Å². The predicted octanol–water partition coefficient (Wildman–Crippen LogP) is -4.99. The molecule has 60 heavy (non-hydrogen) atoms. The van der Waals surface area contributed by atoms with E-state index in [0.717, 1.165) is 0 Å². The van der Waals surface area contributed by atoms with Gasteiger partial charge in [-0.2, -0.15) is 0 Å². The molecule has 16 N–H and O–H groups in total. The molecule has 7 atom stereocenters. The summed E-state index contributed by atoms with van der Waals surface area (Å²) < 4.78 is 0. The van der Waals surface area contributed by atoms with Gasteiger partial charge in [0, 0.05) is 36.5 Å². The topological polar surface area (TPSA) is 404 Å². The molecule has 0 bridgehead atoms. The number of aliphatic hydroxyl groups is 1. The highest BCUT2D eigenvalue weighted by Gasteiger charge is 2.36. The molecule has 1 aliphatic rings. The van der Waals surface area contributed by atoms with Crippen molar-refractivity contribution in [3.05, 3.63) is 36.0 Å². The number of benzene rings is 1. The first-order chi connectivity index (χ1) is 28.4. The average Bonchev–Trinajstić information content (AvgIpc) is 3.60. The van der Waals surface area contributed by atoms with Crippen LogP contribution in [0.5, 0.6) is 0 Å². The standard InChI is InChI=1S/C36H50N10O14/c37-10-4-3-7-21-31(54)43-22(11-17-14-39-20-6-2-1-5-18(17)20)32(55)45-25(35(58)46-26(16-47)36(59)60)15-40-27(48)12-23(42-30(53)19(38)8-9-28(49)50)33(56)44-24(13-29(51)52)34(57)41-21/h1-2,5-6,14,19,21-26,39,47H,3-4,7-13,15-16,37-38H2,(H,40,48)(H,41,57)(H,42,53)(H,43,54)(H,44,56)(H,45,55)(H,46,58)(H,49,50)(H,51,52)(H,59,60)/t19-,21-,22-,23-,24-,25-,26-/m0/s1. The number of amides is 7. The van der Waals surface area contributed by atoms with E-state index in [0.29, 0.717) is 22.9 Å². The van der Waals surface area contributed by atoms with E-state index in [9.17, 15) is 63.3 Å². The van der Waals surface area contributed by atoms with Gasteiger partial charge in [0.25, 0.3) is 0 Å². The van der Waals surface area contributed by atoms with Gasteiger partial charge in [0.2, 0.25) is 41.4 Å². The van der Waals surface area contributed by atoms with Crippen LogP contribution in [0.15, 0.2) is 30.5 Å². The fraction of sp³-hybridized carbons (Fsp3) is 0.500. The monoisotopic (exact) mass is 846 g/mol. The summed E-state index contributed by atoms with van der Waals surface area (Å²) in [5.74, 6) is -12.4. The van der Waals surface area contributed by atoms with Crippen molar-refractivity contribution < 1.29 is 68.4 Å². The van der Waals surface area contributed by atoms with Crippen LogP contribution in [0.3, 0.4) is 0 Å². The molecule has 328 valence electrons. The molecule has 2 aromatic rings. The number of rotatable bonds is 17. The summed E-state index contributed by atoms with van der Waals surface area (Å²) in [6.07, 6.45) is -1.11. The Labute approximate surface area is 341 Å². The molecule has 1 aromatic heterocycles. The van der Waals surface area contributed by atoms with Crippen molar-refractivity contribution in [1.29, 1.82) is 0 Å². The van der Waals surface area contributed by atoms with Gasteiger partial charge in [-0.3, -0.25) is 43.2 Å². The number of aromatic nitrogens is 1. The summed E-state index contributed by atoms with van der Waals surface area (Å²) in [5, 5.41) is 54.3. The molecule has 7 amide bonds. The zero-order chi connectivity index (χ0) is 44.5. The van der Waals surface area contributed by atoms with Crippen molar-refractivity contribution >= 4 is 70.2 Å². The van der Waals surface area contributed by atoms with Gasteiger partial charge in [0.15, 0.2) is 0 Å². The second-order valence-electron chi connectivity index (χ2n) is 13.9. The molecule has 24 nitrogen and oxygen atoms in total. The van der Waals surface area contributed by atoms with Crippen molar-refractivity contribution in [2.75, 3.05) is 19.7 Å². The Morgan fingerprint density at radius 1 is 0.833 bits per heavy atom. The van der Waals surface area contributed by atoms with Crippen molar-refractivity contribution in [2.45, 2.75) is 93.7 Å². The summed E-state index contributed by atoms with van der Waals surface area (Å²) in [7, 11) is 0. The number of hydrogen-bond acceptors (Lipinski definition) is 13. The van der Waals surface area contributed by atoms with E-state index >= 15 is 0 Å². The zero-order valence-electron chi connectivity index (χ0n) is 32.2. The number of carboxylic acids is 3. The van der Waals surface area contributed by atoms with Crippen molar-refractivity contribution in [3.63, 3.8) is 0 Å². The highest BCUT2D eigenvalue weighted by atomic mass is 16.4. The number of H-pyrrole nitrogens is 1. The van der Waals surface area contributed by atoms with Crippen LogP contribution >= 0.6 is 0 Å². The Kier molecular flexibility index (Phi) is 18.3. The minimum absolute atomic E-state index is 0.0992. The lowest BCUT2D eigenvalue weighted by molar-refractivity contribution is -0.143. The second-order valence-corrected chi connectivity index (χ2v) is 13.9. The van der Waals surface area contributed by atoms with E-state index in [2.05, 4.69) is 36.9 Å². The number of aromatic amines is 1. The van der Waals surface area contributed by atoms with Crippen LogP contribution in [0.1, 0.15) is 50.5 Å². The summed E-state index contributed by atoms with van der Waals surface area (Å²) in [5.41, 5.74) is 12.6. The Balaban J connectivity index is 2.12. The van der Waals surface area contributed by atoms with Crippen LogP contribution in [0.2, 0.25) is 0 Å². The quantitative estimate of drug-likeness (QED) is 0.0663. The van der Waals surface area contributed by atoms with Crippen LogP contribution in [-0.4, -0.2) is 147 Å². The van der Waals surface area contributed by atoms with Gasteiger partial charge in [0.1, 0.15) is 36.3 Å². The number of carbonyl (C=O) groups is 10. The number of carbonyl (C=O) groups excluding carboxylic acids is 7. The molecule has 0 radical (unpaired) electrons. The molecule has 1 aliphatic heterocycles. The van der Waals surface area contributed by atoms with E-state index in [1.807, 2.05) is 5.32 Å². The maximum absolute atomic E-state index is 14.1. The third kappa shape index (κ3) is 14.6. The molecule has 0 unspecified atom stereocenters. The minimum atomic E-state index is -1.91. The van der Waals surface area contributed by atoms with E-state index in [1.165, 1.54) is 0 Å². The predicted molar refractivity (Wildman–Crippen MR) is 206 cm³/mol. The molecule has 24 heteroatoms.